The third kappa shape index (κ3) is 2.14. The molecule has 1 aromatic rings. The van der Waals surface area contributed by atoms with E-state index in [2.05, 4.69) is 10.3 Å². The first kappa shape index (κ1) is 14.1. The van der Waals surface area contributed by atoms with Crippen LogP contribution >= 0.6 is 0 Å². The molecule has 1 aromatic heterocycles. The number of carbonyl (C=O) groups is 1. The van der Waals surface area contributed by atoms with Crippen molar-refractivity contribution in [2.24, 2.45) is 0 Å². The van der Waals surface area contributed by atoms with E-state index in [1.165, 1.54) is 19.2 Å². The fraction of sp³-hybridized carbons (Fsp3) is 0.583. The summed E-state index contributed by atoms with van der Waals surface area (Å²) < 4.78 is 12.2. The predicted molar refractivity (Wildman–Crippen MR) is 68.5 cm³/mol. The van der Waals surface area contributed by atoms with Crippen LogP contribution < -0.4 is 11.0 Å². The van der Waals surface area contributed by atoms with Crippen molar-refractivity contribution in [1.82, 2.24) is 9.55 Å². The van der Waals surface area contributed by atoms with E-state index in [9.17, 15) is 19.8 Å². The first-order valence-corrected chi connectivity index (χ1v) is 6.42. The Morgan fingerprint density at radius 2 is 2.43 bits per heavy atom. The van der Waals surface area contributed by atoms with Crippen molar-refractivity contribution >= 4 is 11.7 Å². The highest BCUT2D eigenvalue weighted by molar-refractivity contribution is 5.87. The molecule has 2 fully saturated rings. The quantitative estimate of drug-likeness (QED) is 0.602. The molecule has 21 heavy (non-hydrogen) atoms. The summed E-state index contributed by atoms with van der Waals surface area (Å²) in [6.45, 7) is 0.965. The third-order valence-corrected chi connectivity index (χ3v) is 3.68. The SMILES string of the molecule is CC(=O)Nc1ccn([C@@H]2O[C@@]3(CO)CO[C@@H]2[C@@H]3O)c(=O)n1. The lowest BCUT2D eigenvalue weighted by Crippen LogP contribution is -2.44. The van der Waals surface area contributed by atoms with Gasteiger partial charge >= 0.3 is 5.69 Å². The maximum atomic E-state index is 12.0. The van der Waals surface area contributed by atoms with E-state index in [4.69, 9.17) is 9.47 Å². The van der Waals surface area contributed by atoms with Gasteiger partial charge in [-0.3, -0.25) is 9.36 Å². The van der Waals surface area contributed by atoms with Crippen LogP contribution in [0.1, 0.15) is 13.2 Å². The Kier molecular flexibility index (Phi) is 3.29. The molecule has 2 bridgehead atoms. The van der Waals surface area contributed by atoms with E-state index >= 15 is 0 Å². The molecule has 3 N–H and O–H groups in total. The molecule has 4 atom stereocenters. The van der Waals surface area contributed by atoms with Crippen molar-refractivity contribution in [3.63, 3.8) is 0 Å². The molecule has 0 saturated carbocycles. The average Bonchev–Trinajstić information content (AvgIpc) is 2.89. The molecule has 2 saturated heterocycles. The number of amides is 1. The van der Waals surface area contributed by atoms with Gasteiger partial charge in [-0.05, 0) is 6.07 Å². The monoisotopic (exact) mass is 297 g/mol. The van der Waals surface area contributed by atoms with Crippen LogP contribution in [0.5, 0.6) is 0 Å². The van der Waals surface area contributed by atoms with E-state index in [0.717, 1.165) is 4.57 Å². The van der Waals surface area contributed by atoms with Gasteiger partial charge in [0.1, 0.15) is 23.6 Å². The molecular formula is C12H15N3O6. The van der Waals surface area contributed by atoms with E-state index in [1.54, 1.807) is 0 Å². The molecule has 0 spiro atoms. The summed E-state index contributed by atoms with van der Waals surface area (Å²) in [5.74, 6) is -0.209. The lowest BCUT2D eigenvalue weighted by Gasteiger charge is -2.29. The number of ether oxygens (including phenoxy) is 2. The van der Waals surface area contributed by atoms with E-state index in [1.807, 2.05) is 0 Å². The van der Waals surface area contributed by atoms with Gasteiger partial charge in [0.05, 0.1) is 13.2 Å². The van der Waals surface area contributed by atoms with Crippen LogP contribution in [0.3, 0.4) is 0 Å². The Morgan fingerprint density at radius 3 is 3.00 bits per heavy atom. The van der Waals surface area contributed by atoms with Gasteiger partial charge in [0.2, 0.25) is 5.91 Å². The number of hydrogen-bond donors (Lipinski definition) is 3. The molecule has 3 heterocycles. The minimum Gasteiger partial charge on any atom is -0.393 e. The summed E-state index contributed by atoms with van der Waals surface area (Å²) in [7, 11) is 0. The van der Waals surface area contributed by atoms with Crippen molar-refractivity contribution in [2.75, 3.05) is 18.5 Å². The zero-order valence-electron chi connectivity index (χ0n) is 11.2. The number of fused-ring (bicyclic) bond motifs is 2. The van der Waals surface area contributed by atoms with Crippen LogP contribution in [0.4, 0.5) is 5.82 Å². The summed E-state index contributed by atoms with van der Waals surface area (Å²) in [4.78, 5) is 26.6. The number of aromatic nitrogens is 2. The van der Waals surface area contributed by atoms with Crippen molar-refractivity contribution in [2.45, 2.75) is 31.0 Å². The standard InChI is InChI=1S/C12H15N3O6/c1-6(17)13-7-2-3-15(11(19)14-7)10-8-9(18)12(4-16,21-10)5-20-8/h2-3,8-10,16,18H,4-5H2,1H3,(H,13,14,17,19)/t8-,9+,10-,12+/m1/s1. The summed E-state index contributed by atoms with van der Waals surface area (Å²) in [6, 6.07) is 1.44. The van der Waals surface area contributed by atoms with Crippen LogP contribution in [0.25, 0.3) is 0 Å². The predicted octanol–water partition coefficient (Wildman–Crippen LogP) is -1.78. The van der Waals surface area contributed by atoms with Gasteiger partial charge in [0.25, 0.3) is 0 Å². The topological polar surface area (TPSA) is 123 Å². The van der Waals surface area contributed by atoms with Crippen LogP contribution in [-0.2, 0) is 14.3 Å². The summed E-state index contributed by atoms with van der Waals surface area (Å²) >= 11 is 0. The second kappa shape index (κ2) is 4.88. The first-order valence-electron chi connectivity index (χ1n) is 6.42. The van der Waals surface area contributed by atoms with Crippen molar-refractivity contribution in [1.29, 1.82) is 0 Å². The number of hydrogen-bond acceptors (Lipinski definition) is 7. The fourth-order valence-corrected chi connectivity index (χ4v) is 2.61. The van der Waals surface area contributed by atoms with Crippen LogP contribution in [0, 0.1) is 0 Å². The minimum atomic E-state index is -1.20. The van der Waals surface area contributed by atoms with Crippen LogP contribution in [0.2, 0.25) is 0 Å². The maximum Gasteiger partial charge on any atom is 0.351 e. The van der Waals surface area contributed by atoms with Gasteiger partial charge < -0.3 is 25.0 Å². The number of carbonyl (C=O) groups excluding carboxylic acids is 1. The Hall–Kier alpha value is -1.81. The highest BCUT2D eigenvalue weighted by Gasteiger charge is 2.61. The molecule has 114 valence electrons. The number of nitrogens with zero attached hydrogens (tertiary/aromatic N) is 2. The van der Waals surface area contributed by atoms with Crippen molar-refractivity contribution in [3.8, 4) is 0 Å². The normalized spacial score (nSPS) is 34.1. The lowest BCUT2D eigenvalue weighted by atomic mass is 10.0. The lowest BCUT2D eigenvalue weighted by molar-refractivity contribution is -0.187. The van der Waals surface area contributed by atoms with Crippen LogP contribution in [0.15, 0.2) is 17.1 Å². The second-order valence-corrected chi connectivity index (χ2v) is 5.14. The van der Waals surface area contributed by atoms with Gasteiger partial charge in [0.15, 0.2) is 6.23 Å². The maximum absolute atomic E-state index is 12.0. The smallest absolute Gasteiger partial charge is 0.351 e. The number of aliphatic hydroxyl groups is 2. The molecule has 0 aliphatic carbocycles. The minimum absolute atomic E-state index is 0.0674. The number of anilines is 1. The van der Waals surface area contributed by atoms with Gasteiger partial charge in [0, 0.05) is 13.1 Å². The highest BCUT2D eigenvalue weighted by Crippen LogP contribution is 2.44. The van der Waals surface area contributed by atoms with E-state index in [-0.39, 0.29) is 18.3 Å². The number of rotatable bonds is 3. The Morgan fingerprint density at radius 1 is 1.67 bits per heavy atom. The fourth-order valence-electron chi connectivity index (χ4n) is 2.61. The van der Waals surface area contributed by atoms with Gasteiger partial charge in [-0.2, -0.15) is 4.98 Å². The number of nitrogens with one attached hydrogen (secondary N) is 1. The average molecular weight is 297 g/mol. The molecule has 9 heteroatoms. The Bertz CT molecular complexity index is 632. The van der Waals surface area contributed by atoms with Crippen molar-refractivity contribution < 1.29 is 24.5 Å². The summed E-state index contributed by atoms with van der Waals surface area (Å²) in [6.07, 6.45) is -1.24. The molecule has 3 rings (SSSR count). The first-order chi connectivity index (χ1) is 9.97. The largest absolute Gasteiger partial charge is 0.393 e. The molecule has 2 aliphatic rings. The number of aliphatic hydroxyl groups excluding tert-OH is 2. The van der Waals surface area contributed by atoms with Gasteiger partial charge in [-0.1, -0.05) is 0 Å². The van der Waals surface area contributed by atoms with Crippen molar-refractivity contribution in [3.05, 3.63) is 22.7 Å². The van der Waals surface area contributed by atoms with E-state index in [0.29, 0.717) is 0 Å². The third-order valence-electron chi connectivity index (χ3n) is 3.68. The molecule has 0 aromatic carbocycles. The summed E-state index contributed by atoms with van der Waals surface area (Å²) in [5.41, 5.74) is -1.85. The van der Waals surface area contributed by atoms with E-state index < -0.39 is 36.3 Å². The Labute approximate surface area is 119 Å². The van der Waals surface area contributed by atoms with Crippen LogP contribution in [-0.4, -0.2) is 56.7 Å². The molecule has 1 amide bonds. The Balaban J connectivity index is 1.89. The van der Waals surface area contributed by atoms with Gasteiger partial charge in [-0.15, -0.1) is 0 Å². The highest BCUT2D eigenvalue weighted by atomic mass is 16.7. The molecule has 0 unspecified atom stereocenters. The molecule has 9 nitrogen and oxygen atoms in total. The molecular weight excluding hydrogens is 282 g/mol. The molecule has 2 aliphatic heterocycles. The zero-order chi connectivity index (χ0) is 15.2. The zero-order valence-corrected chi connectivity index (χ0v) is 11.2. The summed E-state index contributed by atoms with van der Waals surface area (Å²) in [5, 5.41) is 21.8. The van der Waals surface area contributed by atoms with Gasteiger partial charge in [-0.25, -0.2) is 4.79 Å². The molecule has 0 radical (unpaired) electrons. The second-order valence-electron chi connectivity index (χ2n) is 5.14.